The summed E-state index contributed by atoms with van der Waals surface area (Å²) in [5.41, 5.74) is 5.40. The maximum atomic E-state index is 11.0. The topological polar surface area (TPSA) is 124 Å². The van der Waals surface area contributed by atoms with Crippen molar-refractivity contribution in [2.75, 3.05) is 5.75 Å². The second-order valence-electron chi connectivity index (χ2n) is 4.22. The van der Waals surface area contributed by atoms with Gasteiger partial charge in [-0.2, -0.15) is 11.8 Å². The van der Waals surface area contributed by atoms with Crippen molar-refractivity contribution < 1.29 is 19.6 Å². The molecule has 20 heavy (non-hydrogen) atoms. The van der Waals surface area contributed by atoms with Crippen LogP contribution in [0.15, 0.2) is 18.2 Å². The van der Waals surface area contributed by atoms with E-state index in [9.17, 15) is 19.7 Å². The van der Waals surface area contributed by atoms with Crippen LogP contribution in [0.5, 0.6) is 0 Å². The summed E-state index contributed by atoms with van der Waals surface area (Å²) in [7, 11) is 0. The van der Waals surface area contributed by atoms with Crippen LogP contribution in [-0.4, -0.2) is 27.7 Å². The zero-order chi connectivity index (χ0) is 15.3. The quantitative estimate of drug-likeness (QED) is 0.582. The Hall–Kier alpha value is -2.09. The van der Waals surface area contributed by atoms with Gasteiger partial charge in [-0.1, -0.05) is 13.0 Å². The number of nitro groups is 1. The molecule has 1 atom stereocenters. The molecule has 0 heterocycles. The average molecular weight is 298 g/mol. The largest absolute Gasteiger partial charge is 0.481 e. The molecule has 0 fully saturated rings. The number of hydrogen-bond acceptors (Lipinski definition) is 5. The number of benzene rings is 1. The first-order valence-electron chi connectivity index (χ1n) is 5.70. The number of thioether (sulfide) groups is 1. The lowest BCUT2D eigenvalue weighted by atomic mass is 10.1. The summed E-state index contributed by atoms with van der Waals surface area (Å²) in [6.07, 6.45) is 0. The number of carboxylic acids is 1. The molecule has 0 bridgehead atoms. The number of carbonyl (C=O) groups excluding carboxylic acids is 1. The molecule has 0 saturated heterocycles. The molecule has 1 amide bonds. The number of nitrogens with two attached hydrogens (primary N) is 1. The second-order valence-corrected chi connectivity index (χ2v) is 5.25. The standard InChI is InChI=1S/C12H14N2O5S/c1-7(12(16)17)5-20-6-9-3-2-8(11(13)15)4-10(9)14(18)19/h2-4,7H,5-6H2,1H3,(H2,13,15)(H,16,17). The zero-order valence-corrected chi connectivity index (χ0v) is 11.6. The second kappa shape index (κ2) is 6.90. The molecule has 0 aliphatic rings. The number of carbonyl (C=O) groups is 2. The summed E-state index contributed by atoms with van der Waals surface area (Å²) in [6, 6.07) is 4.03. The molecule has 7 nitrogen and oxygen atoms in total. The minimum atomic E-state index is -0.906. The summed E-state index contributed by atoms with van der Waals surface area (Å²) >= 11 is 1.29. The molecule has 108 valence electrons. The fourth-order valence-corrected chi connectivity index (χ4v) is 2.50. The Bertz CT molecular complexity index is 547. The van der Waals surface area contributed by atoms with E-state index >= 15 is 0 Å². The maximum Gasteiger partial charge on any atom is 0.307 e. The molecule has 0 radical (unpaired) electrons. The molecule has 3 N–H and O–H groups in total. The molecule has 1 rings (SSSR count). The Morgan fingerprint density at radius 3 is 2.65 bits per heavy atom. The predicted octanol–water partition coefficient (Wildman–Crippen LogP) is 1.65. The van der Waals surface area contributed by atoms with Gasteiger partial charge in [0.1, 0.15) is 0 Å². The van der Waals surface area contributed by atoms with E-state index in [4.69, 9.17) is 10.8 Å². The van der Waals surface area contributed by atoms with Gasteiger partial charge in [0.05, 0.1) is 10.8 Å². The van der Waals surface area contributed by atoms with Crippen molar-refractivity contribution in [1.82, 2.24) is 0 Å². The van der Waals surface area contributed by atoms with Crippen LogP contribution in [0.2, 0.25) is 0 Å². The van der Waals surface area contributed by atoms with Gasteiger partial charge in [0, 0.05) is 28.7 Å². The monoisotopic (exact) mass is 298 g/mol. The Morgan fingerprint density at radius 1 is 1.50 bits per heavy atom. The molecule has 8 heteroatoms. The molecule has 0 saturated carbocycles. The van der Waals surface area contributed by atoms with Crippen LogP contribution in [0.25, 0.3) is 0 Å². The van der Waals surface area contributed by atoms with Gasteiger partial charge in [-0.15, -0.1) is 0 Å². The average Bonchev–Trinajstić information content (AvgIpc) is 2.38. The number of carboxylic acid groups (broad SMARTS) is 1. The van der Waals surface area contributed by atoms with E-state index in [1.165, 1.54) is 23.9 Å². The van der Waals surface area contributed by atoms with Gasteiger partial charge in [0.25, 0.3) is 5.69 Å². The fourth-order valence-electron chi connectivity index (χ4n) is 1.43. The predicted molar refractivity (Wildman–Crippen MR) is 74.6 cm³/mol. The highest BCUT2D eigenvalue weighted by Gasteiger charge is 2.17. The smallest absolute Gasteiger partial charge is 0.307 e. The Kier molecular flexibility index (Phi) is 5.51. The van der Waals surface area contributed by atoms with Gasteiger partial charge >= 0.3 is 5.97 Å². The highest BCUT2D eigenvalue weighted by atomic mass is 32.2. The third-order valence-corrected chi connectivity index (χ3v) is 3.86. The first-order valence-corrected chi connectivity index (χ1v) is 6.86. The molecule has 0 aromatic heterocycles. The lowest BCUT2D eigenvalue weighted by Crippen LogP contribution is -2.12. The summed E-state index contributed by atoms with van der Waals surface area (Å²) < 4.78 is 0. The van der Waals surface area contributed by atoms with E-state index in [0.717, 1.165) is 6.07 Å². The number of rotatable bonds is 7. The van der Waals surface area contributed by atoms with Gasteiger partial charge in [0.15, 0.2) is 0 Å². The maximum absolute atomic E-state index is 11.0. The number of nitro benzene ring substituents is 1. The lowest BCUT2D eigenvalue weighted by molar-refractivity contribution is -0.385. The van der Waals surface area contributed by atoms with Crippen molar-refractivity contribution in [3.63, 3.8) is 0 Å². The van der Waals surface area contributed by atoms with Crippen LogP contribution in [0.4, 0.5) is 5.69 Å². The normalized spacial score (nSPS) is 11.8. The summed E-state index contributed by atoms with van der Waals surface area (Å²) in [5.74, 6) is -1.51. The van der Waals surface area contributed by atoms with Crippen molar-refractivity contribution >= 4 is 29.3 Å². The minimum Gasteiger partial charge on any atom is -0.481 e. The molecule has 1 aromatic rings. The number of aliphatic carboxylic acids is 1. The van der Waals surface area contributed by atoms with E-state index in [1.807, 2.05) is 0 Å². The van der Waals surface area contributed by atoms with Gasteiger partial charge < -0.3 is 10.8 Å². The number of hydrogen-bond donors (Lipinski definition) is 2. The summed E-state index contributed by atoms with van der Waals surface area (Å²) in [4.78, 5) is 32.0. The highest BCUT2D eigenvalue weighted by Crippen LogP contribution is 2.25. The van der Waals surface area contributed by atoms with E-state index in [1.54, 1.807) is 6.92 Å². The SMILES string of the molecule is CC(CSCc1ccc(C(N)=O)cc1[N+](=O)[O-])C(=O)O. The van der Waals surface area contributed by atoms with Crippen molar-refractivity contribution in [1.29, 1.82) is 0 Å². The molecule has 1 unspecified atom stereocenters. The van der Waals surface area contributed by atoms with Crippen molar-refractivity contribution in [3.05, 3.63) is 39.4 Å². The number of amides is 1. The van der Waals surface area contributed by atoms with E-state index < -0.39 is 22.7 Å². The first-order chi connectivity index (χ1) is 9.32. The third-order valence-electron chi connectivity index (χ3n) is 2.61. The molecule has 0 spiro atoms. The van der Waals surface area contributed by atoms with Crippen LogP contribution < -0.4 is 5.73 Å². The number of primary amides is 1. The third kappa shape index (κ3) is 4.23. The van der Waals surface area contributed by atoms with E-state index in [2.05, 4.69) is 0 Å². The van der Waals surface area contributed by atoms with Gasteiger partial charge in [-0.05, 0) is 6.07 Å². The Morgan fingerprint density at radius 2 is 2.15 bits per heavy atom. The lowest BCUT2D eigenvalue weighted by Gasteiger charge is -2.07. The van der Waals surface area contributed by atoms with E-state index in [0.29, 0.717) is 17.1 Å². The van der Waals surface area contributed by atoms with Crippen LogP contribution in [0.3, 0.4) is 0 Å². The van der Waals surface area contributed by atoms with Crippen LogP contribution in [-0.2, 0) is 10.5 Å². The van der Waals surface area contributed by atoms with Crippen molar-refractivity contribution in [2.24, 2.45) is 11.7 Å². The minimum absolute atomic E-state index is 0.0735. The highest BCUT2D eigenvalue weighted by molar-refractivity contribution is 7.98. The van der Waals surface area contributed by atoms with Crippen molar-refractivity contribution in [3.8, 4) is 0 Å². The summed E-state index contributed by atoms with van der Waals surface area (Å²) in [6.45, 7) is 1.57. The van der Waals surface area contributed by atoms with Crippen LogP contribution in [0, 0.1) is 16.0 Å². The van der Waals surface area contributed by atoms with Gasteiger partial charge in [0.2, 0.25) is 5.91 Å². The Labute approximate surface area is 119 Å². The molecular formula is C12H14N2O5S. The van der Waals surface area contributed by atoms with Crippen LogP contribution in [0.1, 0.15) is 22.8 Å². The van der Waals surface area contributed by atoms with Crippen LogP contribution >= 0.6 is 11.8 Å². The molecule has 1 aromatic carbocycles. The fraction of sp³-hybridized carbons (Fsp3) is 0.333. The van der Waals surface area contributed by atoms with Crippen molar-refractivity contribution in [2.45, 2.75) is 12.7 Å². The van der Waals surface area contributed by atoms with Gasteiger partial charge in [-0.25, -0.2) is 0 Å². The number of nitrogens with zero attached hydrogens (tertiary/aromatic N) is 1. The molecular weight excluding hydrogens is 284 g/mol. The summed E-state index contributed by atoms with van der Waals surface area (Å²) in [5, 5.41) is 19.7. The zero-order valence-electron chi connectivity index (χ0n) is 10.7. The first kappa shape index (κ1) is 16.0. The van der Waals surface area contributed by atoms with Gasteiger partial charge in [-0.3, -0.25) is 19.7 Å². The van der Waals surface area contributed by atoms with E-state index in [-0.39, 0.29) is 11.3 Å². The molecule has 0 aliphatic heterocycles. The molecule has 0 aliphatic carbocycles. The Balaban J connectivity index is 2.82.